The largest absolute Gasteiger partial charge is 0.478 e. The minimum Gasteiger partial charge on any atom is -0.478 e. The van der Waals surface area contributed by atoms with E-state index in [2.05, 4.69) is 6.58 Å². The second-order valence-electron chi connectivity index (χ2n) is 5.42. The zero-order chi connectivity index (χ0) is 18.4. The van der Waals surface area contributed by atoms with Crippen LogP contribution in [0, 0.1) is 0 Å². The van der Waals surface area contributed by atoms with E-state index in [4.69, 9.17) is 9.47 Å². The van der Waals surface area contributed by atoms with Crippen LogP contribution in [0.4, 0.5) is 0 Å². The molecule has 130 valence electrons. The fraction of sp³-hybridized carbons (Fsp3) is 0.211. The maximum atomic E-state index is 12.3. The molecule has 6 heteroatoms. The maximum absolute atomic E-state index is 12.3. The number of carboxylic acids is 1. The third-order valence-electron chi connectivity index (χ3n) is 3.48. The van der Waals surface area contributed by atoms with Gasteiger partial charge in [-0.05, 0) is 29.8 Å². The third-order valence-corrected chi connectivity index (χ3v) is 3.48. The SMILES string of the molecule is C=C(C)C(=O)OCCCOC(=O)c1ccc(C(=O)O)c2ccccc12. The summed E-state index contributed by atoms with van der Waals surface area (Å²) < 4.78 is 10.1. The number of esters is 2. The first kappa shape index (κ1) is 18.2. The highest BCUT2D eigenvalue weighted by Crippen LogP contribution is 2.23. The van der Waals surface area contributed by atoms with Crippen LogP contribution in [0.15, 0.2) is 48.6 Å². The van der Waals surface area contributed by atoms with Crippen molar-refractivity contribution in [2.24, 2.45) is 0 Å². The second kappa shape index (κ2) is 8.10. The minimum absolute atomic E-state index is 0.0807. The van der Waals surface area contributed by atoms with Gasteiger partial charge in [0.05, 0.1) is 24.3 Å². The van der Waals surface area contributed by atoms with Gasteiger partial charge in [-0.3, -0.25) is 0 Å². The van der Waals surface area contributed by atoms with Crippen LogP contribution >= 0.6 is 0 Å². The molecule has 0 atom stereocenters. The van der Waals surface area contributed by atoms with Crippen molar-refractivity contribution in [3.05, 3.63) is 59.7 Å². The number of ether oxygens (including phenoxy) is 2. The van der Waals surface area contributed by atoms with E-state index in [1.54, 1.807) is 31.2 Å². The van der Waals surface area contributed by atoms with Crippen molar-refractivity contribution in [1.29, 1.82) is 0 Å². The van der Waals surface area contributed by atoms with Crippen LogP contribution in [-0.4, -0.2) is 36.2 Å². The number of benzene rings is 2. The molecule has 0 aliphatic heterocycles. The molecule has 0 unspecified atom stereocenters. The fourth-order valence-electron chi connectivity index (χ4n) is 2.25. The van der Waals surface area contributed by atoms with Gasteiger partial charge in [-0.2, -0.15) is 0 Å². The Labute approximate surface area is 144 Å². The Morgan fingerprint density at radius 1 is 0.960 bits per heavy atom. The topological polar surface area (TPSA) is 89.9 Å². The fourth-order valence-corrected chi connectivity index (χ4v) is 2.25. The Kier molecular flexibility index (Phi) is 5.89. The molecular weight excluding hydrogens is 324 g/mol. The molecule has 0 aromatic heterocycles. The zero-order valence-corrected chi connectivity index (χ0v) is 13.8. The molecule has 0 saturated heterocycles. The highest BCUT2D eigenvalue weighted by Gasteiger charge is 2.16. The van der Waals surface area contributed by atoms with Gasteiger partial charge < -0.3 is 14.6 Å². The lowest BCUT2D eigenvalue weighted by molar-refractivity contribution is -0.139. The molecule has 0 heterocycles. The van der Waals surface area contributed by atoms with Gasteiger partial charge in [0.1, 0.15) is 0 Å². The van der Waals surface area contributed by atoms with E-state index >= 15 is 0 Å². The number of fused-ring (bicyclic) bond motifs is 1. The standard InChI is InChI=1S/C19H18O6/c1-12(2)18(22)24-10-5-11-25-19(23)16-9-8-15(17(20)21)13-6-3-4-7-14(13)16/h3-4,6-9H,1,5,10-11H2,2H3,(H,20,21). The minimum atomic E-state index is -1.06. The molecule has 2 rings (SSSR count). The summed E-state index contributed by atoms with van der Waals surface area (Å²) in [5, 5.41) is 10.2. The molecule has 0 aliphatic carbocycles. The summed E-state index contributed by atoms with van der Waals surface area (Å²) in [5.74, 6) is -2.10. The quantitative estimate of drug-likeness (QED) is 0.472. The van der Waals surface area contributed by atoms with Crippen LogP contribution in [0.1, 0.15) is 34.1 Å². The van der Waals surface area contributed by atoms with Crippen molar-refractivity contribution in [3.8, 4) is 0 Å². The summed E-state index contributed by atoms with van der Waals surface area (Å²) in [6.45, 7) is 5.22. The van der Waals surface area contributed by atoms with E-state index in [-0.39, 0.29) is 18.8 Å². The van der Waals surface area contributed by atoms with Crippen LogP contribution in [0.2, 0.25) is 0 Å². The lowest BCUT2D eigenvalue weighted by atomic mass is 9.99. The van der Waals surface area contributed by atoms with Crippen LogP contribution in [-0.2, 0) is 14.3 Å². The Morgan fingerprint density at radius 2 is 1.52 bits per heavy atom. The van der Waals surface area contributed by atoms with E-state index in [9.17, 15) is 19.5 Å². The van der Waals surface area contributed by atoms with Crippen LogP contribution in [0.5, 0.6) is 0 Å². The summed E-state index contributed by atoms with van der Waals surface area (Å²) in [7, 11) is 0. The average molecular weight is 342 g/mol. The molecule has 0 saturated carbocycles. The van der Waals surface area contributed by atoms with Gasteiger partial charge in [0, 0.05) is 12.0 Å². The first-order valence-electron chi connectivity index (χ1n) is 7.66. The molecule has 0 fully saturated rings. The number of hydrogen-bond acceptors (Lipinski definition) is 5. The van der Waals surface area contributed by atoms with Crippen LogP contribution in [0.3, 0.4) is 0 Å². The normalized spacial score (nSPS) is 10.3. The summed E-state index contributed by atoms with van der Waals surface area (Å²) in [6, 6.07) is 9.58. The van der Waals surface area contributed by atoms with Gasteiger partial charge in [0.25, 0.3) is 0 Å². The number of carbonyl (C=O) groups excluding carboxylic acids is 2. The van der Waals surface area contributed by atoms with Crippen molar-refractivity contribution < 1.29 is 29.0 Å². The Balaban J connectivity index is 2.03. The monoisotopic (exact) mass is 342 g/mol. The maximum Gasteiger partial charge on any atom is 0.338 e. The first-order valence-corrected chi connectivity index (χ1v) is 7.66. The zero-order valence-electron chi connectivity index (χ0n) is 13.8. The molecule has 6 nitrogen and oxygen atoms in total. The molecule has 0 aliphatic rings. The average Bonchev–Trinajstić information content (AvgIpc) is 2.59. The molecule has 2 aromatic carbocycles. The summed E-state index contributed by atoms with van der Waals surface area (Å²) in [4.78, 5) is 34.7. The molecule has 0 amide bonds. The molecule has 0 spiro atoms. The van der Waals surface area contributed by atoms with E-state index < -0.39 is 17.9 Å². The van der Waals surface area contributed by atoms with Crippen molar-refractivity contribution in [1.82, 2.24) is 0 Å². The highest BCUT2D eigenvalue weighted by atomic mass is 16.5. The van der Waals surface area contributed by atoms with E-state index in [1.807, 2.05) is 0 Å². The number of hydrogen-bond donors (Lipinski definition) is 1. The van der Waals surface area contributed by atoms with Crippen molar-refractivity contribution in [2.75, 3.05) is 13.2 Å². The van der Waals surface area contributed by atoms with Crippen molar-refractivity contribution >= 4 is 28.7 Å². The molecule has 0 radical (unpaired) electrons. The number of carbonyl (C=O) groups is 3. The highest BCUT2D eigenvalue weighted by molar-refractivity contribution is 6.11. The lowest BCUT2D eigenvalue weighted by Crippen LogP contribution is -2.12. The predicted octanol–water partition coefficient (Wildman–Crippen LogP) is 3.20. The molecule has 0 bridgehead atoms. The van der Waals surface area contributed by atoms with Crippen LogP contribution < -0.4 is 0 Å². The molecular formula is C19H18O6. The van der Waals surface area contributed by atoms with Gasteiger partial charge in [-0.15, -0.1) is 0 Å². The van der Waals surface area contributed by atoms with Gasteiger partial charge in [-0.25, -0.2) is 14.4 Å². The summed E-state index contributed by atoms with van der Waals surface area (Å²) in [5.41, 5.74) is 0.723. The first-order chi connectivity index (χ1) is 11.9. The van der Waals surface area contributed by atoms with Gasteiger partial charge in [0.2, 0.25) is 0 Å². The molecule has 1 N–H and O–H groups in total. The third kappa shape index (κ3) is 4.44. The van der Waals surface area contributed by atoms with Gasteiger partial charge in [-0.1, -0.05) is 30.8 Å². The smallest absolute Gasteiger partial charge is 0.338 e. The van der Waals surface area contributed by atoms with Crippen molar-refractivity contribution in [2.45, 2.75) is 13.3 Å². The van der Waals surface area contributed by atoms with E-state index in [0.29, 0.717) is 28.3 Å². The Morgan fingerprint density at radius 3 is 2.12 bits per heavy atom. The lowest BCUT2D eigenvalue weighted by Gasteiger charge is -2.09. The van der Waals surface area contributed by atoms with Crippen LogP contribution in [0.25, 0.3) is 10.8 Å². The number of aromatic carboxylic acids is 1. The predicted molar refractivity (Wildman–Crippen MR) is 91.6 cm³/mol. The molecule has 25 heavy (non-hydrogen) atoms. The molecule has 2 aromatic rings. The number of carboxylic acid groups (broad SMARTS) is 1. The van der Waals surface area contributed by atoms with E-state index in [1.165, 1.54) is 12.1 Å². The summed E-state index contributed by atoms with van der Waals surface area (Å²) in [6.07, 6.45) is 0.357. The van der Waals surface area contributed by atoms with Crippen molar-refractivity contribution in [3.63, 3.8) is 0 Å². The van der Waals surface area contributed by atoms with Gasteiger partial charge in [0.15, 0.2) is 0 Å². The Bertz CT molecular complexity index is 837. The Hall–Kier alpha value is -3.15. The van der Waals surface area contributed by atoms with E-state index in [0.717, 1.165) is 0 Å². The summed E-state index contributed by atoms with van der Waals surface area (Å²) >= 11 is 0. The second-order valence-corrected chi connectivity index (χ2v) is 5.42. The van der Waals surface area contributed by atoms with Gasteiger partial charge >= 0.3 is 17.9 Å². The number of rotatable bonds is 7.